The van der Waals surface area contributed by atoms with Gasteiger partial charge >= 0.3 is 0 Å². The summed E-state index contributed by atoms with van der Waals surface area (Å²) in [5, 5.41) is 1.31. The SMILES string of the molecule is COC(Cc1ccc(C)cc1)c1cc2sc3ccc(S)cc3c2s1. The molecular weight excluding hydrogens is 352 g/mol. The molecule has 0 aliphatic carbocycles. The Kier molecular flexibility index (Phi) is 4.39. The number of methoxy groups -OCH3 is 1. The maximum atomic E-state index is 5.81. The van der Waals surface area contributed by atoms with Gasteiger partial charge in [-0.1, -0.05) is 29.8 Å². The summed E-state index contributed by atoms with van der Waals surface area (Å²) in [7, 11) is 1.80. The minimum absolute atomic E-state index is 0.103. The Morgan fingerprint density at radius 1 is 1.00 bits per heavy atom. The molecular formula is C20H18OS3. The number of ether oxygens (including phenoxy) is 1. The quantitative estimate of drug-likeness (QED) is 0.396. The van der Waals surface area contributed by atoms with Crippen molar-refractivity contribution in [2.45, 2.75) is 24.3 Å². The summed E-state index contributed by atoms with van der Waals surface area (Å²) in [6.07, 6.45) is 1.01. The third-order valence-electron chi connectivity index (χ3n) is 4.29. The van der Waals surface area contributed by atoms with E-state index in [0.717, 1.165) is 11.3 Å². The van der Waals surface area contributed by atoms with Gasteiger partial charge in [-0.05, 0) is 36.8 Å². The van der Waals surface area contributed by atoms with Gasteiger partial charge in [0.15, 0.2) is 0 Å². The van der Waals surface area contributed by atoms with Crippen LogP contribution in [0.5, 0.6) is 0 Å². The van der Waals surface area contributed by atoms with Crippen molar-refractivity contribution >= 4 is 54.8 Å². The number of fused-ring (bicyclic) bond motifs is 3. The van der Waals surface area contributed by atoms with E-state index in [1.54, 1.807) is 7.11 Å². The second-order valence-electron chi connectivity index (χ2n) is 6.04. The minimum atomic E-state index is 0.103. The number of benzene rings is 2. The third-order valence-corrected chi connectivity index (χ3v) is 7.07. The molecule has 2 heterocycles. The standard InChI is InChI=1S/C20H18OS3/c1-12-3-5-13(6-4-12)9-16(21-2)18-11-19-20(24-18)15-10-14(22)7-8-17(15)23-19/h3-8,10-11,16,22H,9H2,1-2H3. The van der Waals surface area contributed by atoms with Gasteiger partial charge in [-0.15, -0.1) is 35.3 Å². The molecule has 0 N–H and O–H groups in total. The molecule has 0 saturated carbocycles. The van der Waals surface area contributed by atoms with Crippen molar-refractivity contribution in [2.75, 3.05) is 7.11 Å². The van der Waals surface area contributed by atoms with Gasteiger partial charge in [0.2, 0.25) is 0 Å². The van der Waals surface area contributed by atoms with Crippen LogP contribution in [-0.2, 0) is 11.2 Å². The fourth-order valence-electron chi connectivity index (χ4n) is 2.96. The van der Waals surface area contributed by atoms with E-state index in [4.69, 9.17) is 4.74 Å². The van der Waals surface area contributed by atoms with Gasteiger partial charge in [0, 0.05) is 38.1 Å². The van der Waals surface area contributed by atoms with E-state index in [1.165, 1.54) is 35.5 Å². The number of thiophene rings is 2. The summed E-state index contributed by atoms with van der Waals surface area (Å²) < 4.78 is 9.83. The number of hydrogen-bond acceptors (Lipinski definition) is 4. The topological polar surface area (TPSA) is 9.23 Å². The molecule has 4 aromatic rings. The molecule has 2 aromatic heterocycles. The molecule has 0 radical (unpaired) electrons. The first-order chi connectivity index (χ1) is 11.6. The lowest BCUT2D eigenvalue weighted by molar-refractivity contribution is 0.107. The van der Waals surface area contributed by atoms with Gasteiger partial charge in [-0.2, -0.15) is 0 Å². The average molecular weight is 371 g/mol. The van der Waals surface area contributed by atoms with Crippen molar-refractivity contribution < 1.29 is 4.74 Å². The van der Waals surface area contributed by atoms with Crippen LogP contribution in [0.15, 0.2) is 53.4 Å². The molecule has 122 valence electrons. The summed E-state index contributed by atoms with van der Waals surface area (Å²) in [5.74, 6) is 0. The highest BCUT2D eigenvalue weighted by atomic mass is 32.1. The average Bonchev–Trinajstić information content (AvgIpc) is 3.12. The third kappa shape index (κ3) is 3.00. The van der Waals surface area contributed by atoms with E-state index in [2.05, 4.69) is 68.1 Å². The van der Waals surface area contributed by atoms with Crippen LogP contribution in [0.4, 0.5) is 0 Å². The zero-order valence-electron chi connectivity index (χ0n) is 13.6. The number of rotatable bonds is 4. The predicted octanol–water partition coefficient (Wildman–Crippen LogP) is 6.64. The maximum Gasteiger partial charge on any atom is 0.0953 e. The van der Waals surface area contributed by atoms with Crippen LogP contribution in [0.2, 0.25) is 0 Å². The lowest BCUT2D eigenvalue weighted by atomic mass is 10.1. The van der Waals surface area contributed by atoms with Crippen LogP contribution in [0.1, 0.15) is 22.1 Å². The molecule has 2 aromatic carbocycles. The van der Waals surface area contributed by atoms with Gasteiger partial charge in [0.1, 0.15) is 0 Å². The van der Waals surface area contributed by atoms with Gasteiger partial charge in [-0.3, -0.25) is 0 Å². The van der Waals surface area contributed by atoms with Gasteiger partial charge in [0.05, 0.1) is 10.8 Å². The van der Waals surface area contributed by atoms with Crippen molar-refractivity contribution in [2.24, 2.45) is 0 Å². The molecule has 0 spiro atoms. The van der Waals surface area contributed by atoms with Crippen LogP contribution >= 0.6 is 35.3 Å². The molecule has 24 heavy (non-hydrogen) atoms. The molecule has 1 unspecified atom stereocenters. The van der Waals surface area contributed by atoms with Crippen LogP contribution in [0, 0.1) is 6.92 Å². The van der Waals surface area contributed by atoms with Crippen molar-refractivity contribution in [1.82, 2.24) is 0 Å². The van der Waals surface area contributed by atoms with Crippen LogP contribution in [0.3, 0.4) is 0 Å². The summed E-state index contributed by atoms with van der Waals surface area (Å²) in [4.78, 5) is 2.31. The van der Waals surface area contributed by atoms with Crippen molar-refractivity contribution in [3.8, 4) is 0 Å². The number of aryl methyl sites for hydroxylation is 1. The summed E-state index contributed by atoms with van der Waals surface area (Å²) in [6, 6.07) is 17.4. The van der Waals surface area contributed by atoms with Crippen molar-refractivity contribution in [1.29, 1.82) is 0 Å². The summed E-state index contributed by atoms with van der Waals surface area (Å²) in [6.45, 7) is 2.12. The zero-order chi connectivity index (χ0) is 16.7. The van der Waals surface area contributed by atoms with E-state index in [1.807, 2.05) is 22.7 Å². The fraction of sp³-hybridized carbons (Fsp3) is 0.200. The highest BCUT2D eigenvalue weighted by Crippen LogP contribution is 2.42. The van der Waals surface area contributed by atoms with Crippen LogP contribution < -0.4 is 0 Å². The Morgan fingerprint density at radius 3 is 2.54 bits per heavy atom. The number of hydrogen-bond donors (Lipinski definition) is 1. The molecule has 4 rings (SSSR count). The minimum Gasteiger partial charge on any atom is -0.376 e. The molecule has 0 aliphatic heterocycles. The first-order valence-corrected chi connectivity index (χ1v) is 9.95. The Labute approximate surface area is 155 Å². The van der Waals surface area contributed by atoms with E-state index >= 15 is 0 Å². The Bertz CT molecular complexity index is 995. The lowest BCUT2D eigenvalue weighted by Crippen LogP contribution is -2.03. The normalized spacial score (nSPS) is 13.0. The van der Waals surface area contributed by atoms with E-state index < -0.39 is 0 Å². The molecule has 0 amide bonds. The predicted molar refractivity (Wildman–Crippen MR) is 109 cm³/mol. The largest absolute Gasteiger partial charge is 0.376 e. The first-order valence-electron chi connectivity index (χ1n) is 7.87. The lowest BCUT2D eigenvalue weighted by Gasteiger charge is -2.13. The molecule has 0 bridgehead atoms. The smallest absolute Gasteiger partial charge is 0.0953 e. The molecule has 0 fully saturated rings. The van der Waals surface area contributed by atoms with Crippen molar-refractivity contribution in [3.63, 3.8) is 0 Å². The molecule has 1 atom stereocenters. The van der Waals surface area contributed by atoms with E-state index in [0.29, 0.717) is 0 Å². The van der Waals surface area contributed by atoms with Crippen LogP contribution in [0.25, 0.3) is 19.5 Å². The highest BCUT2D eigenvalue weighted by Gasteiger charge is 2.17. The highest BCUT2D eigenvalue weighted by molar-refractivity contribution is 7.80. The van der Waals surface area contributed by atoms with Gasteiger partial charge in [-0.25, -0.2) is 0 Å². The molecule has 0 aliphatic rings. The molecule has 1 nitrogen and oxygen atoms in total. The summed E-state index contributed by atoms with van der Waals surface area (Å²) >= 11 is 8.18. The van der Waals surface area contributed by atoms with Crippen LogP contribution in [-0.4, -0.2) is 7.11 Å². The maximum absolute atomic E-state index is 5.81. The van der Waals surface area contributed by atoms with E-state index in [-0.39, 0.29) is 6.10 Å². The Morgan fingerprint density at radius 2 is 1.79 bits per heavy atom. The monoisotopic (exact) mass is 370 g/mol. The zero-order valence-corrected chi connectivity index (χ0v) is 16.1. The molecule has 0 saturated heterocycles. The Balaban J connectivity index is 1.70. The fourth-order valence-corrected chi connectivity index (χ4v) is 5.74. The van der Waals surface area contributed by atoms with Gasteiger partial charge < -0.3 is 4.74 Å². The van der Waals surface area contributed by atoms with Crippen molar-refractivity contribution in [3.05, 3.63) is 64.5 Å². The second-order valence-corrected chi connectivity index (χ2v) is 8.72. The Hall–Kier alpha value is -1.33. The second kappa shape index (κ2) is 6.52. The van der Waals surface area contributed by atoms with Gasteiger partial charge in [0.25, 0.3) is 0 Å². The van der Waals surface area contributed by atoms with E-state index in [9.17, 15) is 0 Å². The first kappa shape index (κ1) is 16.2. The number of thiol groups is 1. The molecule has 4 heteroatoms. The summed E-state index contributed by atoms with van der Waals surface area (Å²) in [5.41, 5.74) is 2.60.